The summed E-state index contributed by atoms with van der Waals surface area (Å²) in [5.74, 6) is -0.483. The van der Waals surface area contributed by atoms with Gasteiger partial charge < -0.3 is 10.1 Å². The van der Waals surface area contributed by atoms with Gasteiger partial charge in [0.15, 0.2) is 0 Å². The van der Waals surface area contributed by atoms with Crippen molar-refractivity contribution in [3.05, 3.63) is 41.7 Å². The van der Waals surface area contributed by atoms with Gasteiger partial charge in [-0.15, -0.1) is 0 Å². The molecule has 86 valence electrons. The van der Waals surface area contributed by atoms with Crippen molar-refractivity contribution in [1.29, 1.82) is 0 Å². The largest absolute Gasteiger partial charge is 0.383 e. The molecule has 0 bridgehead atoms. The van der Waals surface area contributed by atoms with Crippen LogP contribution in [-0.4, -0.2) is 26.2 Å². The Hall–Kier alpha value is -1.68. The molecule has 4 heteroatoms. The second-order valence-electron chi connectivity index (χ2n) is 3.17. The van der Waals surface area contributed by atoms with Crippen LogP contribution in [0.15, 0.2) is 30.3 Å². The van der Waals surface area contributed by atoms with E-state index in [1.54, 1.807) is 25.3 Å². The van der Waals surface area contributed by atoms with Crippen molar-refractivity contribution in [3.8, 4) is 0 Å². The van der Waals surface area contributed by atoms with Gasteiger partial charge in [-0.1, -0.05) is 12.1 Å². The van der Waals surface area contributed by atoms with Crippen molar-refractivity contribution in [1.82, 2.24) is 5.32 Å². The third kappa shape index (κ3) is 4.70. The highest BCUT2D eigenvalue weighted by molar-refractivity contribution is 5.91. The van der Waals surface area contributed by atoms with Gasteiger partial charge in [0.05, 0.1) is 6.61 Å². The van der Waals surface area contributed by atoms with Crippen LogP contribution < -0.4 is 5.32 Å². The number of hydrogen-bond acceptors (Lipinski definition) is 2. The van der Waals surface area contributed by atoms with E-state index in [0.29, 0.717) is 13.2 Å². The molecule has 1 aromatic rings. The Bertz CT molecular complexity index is 360. The molecule has 0 fully saturated rings. The van der Waals surface area contributed by atoms with Crippen LogP contribution in [0.25, 0.3) is 6.08 Å². The van der Waals surface area contributed by atoms with Gasteiger partial charge in [-0.2, -0.15) is 0 Å². The second kappa shape index (κ2) is 6.74. The first kappa shape index (κ1) is 12.4. The van der Waals surface area contributed by atoms with Crippen LogP contribution in [0, 0.1) is 5.82 Å². The third-order valence-corrected chi connectivity index (χ3v) is 1.90. The Morgan fingerprint density at radius 1 is 1.44 bits per heavy atom. The molecule has 0 saturated heterocycles. The summed E-state index contributed by atoms with van der Waals surface area (Å²) in [6.07, 6.45) is 3.03. The SMILES string of the molecule is COCCNC(=O)/C=C/c1ccc(F)cc1. The minimum absolute atomic E-state index is 0.193. The predicted octanol–water partition coefficient (Wildman–Crippen LogP) is 1.60. The molecule has 0 saturated carbocycles. The summed E-state index contributed by atoms with van der Waals surface area (Å²) in [7, 11) is 1.57. The zero-order valence-corrected chi connectivity index (χ0v) is 9.07. The zero-order chi connectivity index (χ0) is 11.8. The number of benzene rings is 1. The summed E-state index contributed by atoms with van der Waals surface area (Å²) >= 11 is 0. The number of carbonyl (C=O) groups excluding carboxylic acids is 1. The van der Waals surface area contributed by atoms with E-state index in [1.165, 1.54) is 18.2 Å². The van der Waals surface area contributed by atoms with Crippen LogP contribution in [0.1, 0.15) is 5.56 Å². The Labute approximate surface area is 93.9 Å². The number of halogens is 1. The smallest absolute Gasteiger partial charge is 0.244 e. The number of rotatable bonds is 5. The molecule has 0 aromatic heterocycles. The monoisotopic (exact) mass is 223 g/mol. The first-order valence-electron chi connectivity index (χ1n) is 4.93. The van der Waals surface area contributed by atoms with Crippen LogP contribution in [0.3, 0.4) is 0 Å². The lowest BCUT2D eigenvalue weighted by atomic mass is 10.2. The van der Waals surface area contributed by atoms with Crippen LogP contribution in [0.5, 0.6) is 0 Å². The molecule has 1 aromatic carbocycles. The summed E-state index contributed by atoms with van der Waals surface area (Å²) < 4.78 is 17.4. The number of ether oxygens (including phenoxy) is 1. The molecule has 0 aliphatic heterocycles. The molecule has 0 atom stereocenters. The fourth-order valence-electron chi connectivity index (χ4n) is 1.08. The average molecular weight is 223 g/mol. The number of amides is 1. The first-order valence-corrected chi connectivity index (χ1v) is 4.93. The van der Waals surface area contributed by atoms with Crippen molar-refractivity contribution in [2.75, 3.05) is 20.3 Å². The lowest BCUT2D eigenvalue weighted by molar-refractivity contribution is -0.116. The number of hydrogen-bond donors (Lipinski definition) is 1. The van der Waals surface area contributed by atoms with E-state index in [9.17, 15) is 9.18 Å². The number of methoxy groups -OCH3 is 1. The molecule has 0 radical (unpaired) electrons. The molecule has 1 rings (SSSR count). The quantitative estimate of drug-likeness (QED) is 0.608. The highest BCUT2D eigenvalue weighted by atomic mass is 19.1. The van der Waals surface area contributed by atoms with Crippen LogP contribution in [-0.2, 0) is 9.53 Å². The van der Waals surface area contributed by atoms with Crippen molar-refractivity contribution < 1.29 is 13.9 Å². The van der Waals surface area contributed by atoms with Gasteiger partial charge in [-0.3, -0.25) is 4.79 Å². The normalized spacial score (nSPS) is 10.6. The Kier molecular flexibility index (Phi) is 5.22. The maximum absolute atomic E-state index is 12.6. The summed E-state index contributed by atoms with van der Waals surface area (Å²) in [5, 5.41) is 2.64. The van der Waals surface area contributed by atoms with Gasteiger partial charge in [0.1, 0.15) is 5.82 Å². The first-order chi connectivity index (χ1) is 7.72. The lowest BCUT2D eigenvalue weighted by Crippen LogP contribution is -2.24. The highest BCUT2D eigenvalue weighted by Gasteiger charge is 1.94. The van der Waals surface area contributed by atoms with Gasteiger partial charge in [0.25, 0.3) is 0 Å². The molecule has 1 amide bonds. The van der Waals surface area contributed by atoms with E-state index in [0.717, 1.165) is 5.56 Å². The Morgan fingerprint density at radius 3 is 2.75 bits per heavy atom. The maximum Gasteiger partial charge on any atom is 0.244 e. The fraction of sp³-hybridized carbons (Fsp3) is 0.250. The van der Waals surface area contributed by atoms with Crippen molar-refractivity contribution in [2.24, 2.45) is 0 Å². The second-order valence-corrected chi connectivity index (χ2v) is 3.17. The highest BCUT2D eigenvalue weighted by Crippen LogP contribution is 2.04. The molecule has 0 unspecified atom stereocenters. The molecule has 0 aliphatic rings. The predicted molar refractivity (Wildman–Crippen MR) is 60.3 cm³/mol. The maximum atomic E-state index is 12.6. The summed E-state index contributed by atoms with van der Waals surface area (Å²) in [6, 6.07) is 5.91. The van der Waals surface area contributed by atoms with Gasteiger partial charge in [-0.25, -0.2) is 4.39 Å². The lowest BCUT2D eigenvalue weighted by Gasteiger charge is -1.99. The van der Waals surface area contributed by atoms with Gasteiger partial charge in [0.2, 0.25) is 5.91 Å². The van der Waals surface area contributed by atoms with Gasteiger partial charge in [0, 0.05) is 19.7 Å². The van der Waals surface area contributed by atoms with Crippen molar-refractivity contribution >= 4 is 12.0 Å². The van der Waals surface area contributed by atoms with E-state index >= 15 is 0 Å². The number of nitrogens with one attached hydrogen (secondary N) is 1. The van der Waals surface area contributed by atoms with Gasteiger partial charge in [-0.05, 0) is 23.8 Å². The molecule has 0 spiro atoms. The average Bonchev–Trinajstić information content (AvgIpc) is 2.29. The fourth-order valence-corrected chi connectivity index (χ4v) is 1.08. The minimum atomic E-state index is -0.290. The van der Waals surface area contributed by atoms with Crippen molar-refractivity contribution in [2.45, 2.75) is 0 Å². The van der Waals surface area contributed by atoms with E-state index < -0.39 is 0 Å². The standard InChI is InChI=1S/C12H14FNO2/c1-16-9-8-14-12(15)7-4-10-2-5-11(13)6-3-10/h2-7H,8-9H2,1H3,(H,14,15)/b7-4+. The molecule has 0 aliphatic carbocycles. The van der Waals surface area contributed by atoms with Crippen molar-refractivity contribution in [3.63, 3.8) is 0 Å². The van der Waals surface area contributed by atoms with Crippen LogP contribution in [0.2, 0.25) is 0 Å². The van der Waals surface area contributed by atoms with Crippen LogP contribution in [0.4, 0.5) is 4.39 Å². The summed E-state index contributed by atoms with van der Waals surface area (Å²) in [6.45, 7) is 0.958. The minimum Gasteiger partial charge on any atom is -0.383 e. The van der Waals surface area contributed by atoms with E-state index in [4.69, 9.17) is 4.74 Å². The van der Waals surface area contributed by atoms with Gasteiger partial charge >= 0.3 is 0 Å². The summed E-state index contributed by atoms with van der Waals surface area (Å²) in [4.78, 5) is 11.2. The van der Waals surface area contributed by atoms with E-state index in [1.807, 2.05) is 0 Å². The molecular formula is C12H14FNO2. The molecular weight excluding hydrogens is 209 g/mol. The molecule has 3 nitrogen and oxygen atoms in total. The third-order valence-electron chi connectivity index (χ3n) is 1.90. The zero-order valence-electron chi connectivity index (χ0n) is 9.07. The molecule has 1 N–H and O–H groups in total. The Balaban J connectivity index is 2.41. The summed E-state index contributed by atoms with van der Waals surface area (Å²) in [5.41, 5.74) is 0.781. The van der Waals surface area contributed by atoms with E-state index in [2.05, 4.69) is 5.32 Å². The Morgan fingerprint density at radius 2 is 2.12 bits per heavy atom. The van der Waals surface area contributed by atoms with Crippen LogP contribution >= 0.6 is 0 Å². The topological polar surface area (TPSA) is 38.3 Å². The molecule has 0 heterocycles. The number of carbonyl (C=O) groups is 1. The van der Waals surface area contributed by atoms with E-state index in [-0.39, 0.29) is 11.7 Å². The molecule has 16 heavy (non-hydrogen) atoms.